The Balaban J connectivity index is 1.16. The van der Waals surface area contributed by atoms with Gasteiger partial charge in [0.05, 0.1) is 11.7 Å². The van der Waals surface area contributed by atoms with Crippen molar-refractivity contribution in [2.75, 3.05) is 25.1 Å². The number of carbonyl (C=O) groups is 2. The summed E-state index contributed by atoms with van der Waals surface area (Å²) in [7, 11) is 0. The molecular weight excluding hydrogens is 444 g/mol. The molecular formula is C26H32N6O3. The zero-order valence-electron chi connectivity index (χ0n) is 20.0. The van der Waals surface area contributed by atoms with Crippen molar-refractivity contribution >= 4 is 28.6 Å². The molecule has 184 valence electrons. The van der Waals surface area contributed by atoms with Crippen molar-refractivity contribution in [2.24, 2.45) is 0 Å². The minimum absolute atomic E-state index is 0.0349. The summed E-state index contributed by atoms with van der Waals surface area (Å²) in [6.45, 7) is 4.86. The summed E-state index contributed by atoms with van der Waals surface area (Å²) >= 11 is 0. The van der Waals surface area contributed by atoms with E-state index in [2.05, 4.69) is 44.8 Å². The first-order valence-corrected chi connectivity index (χ1v) is 12.3. The summed E-state index contributed by atoms with van der Waals surface area (Å²) in [5.41, 5.74) is 5.19. The van der Waals surface area contributed by atoms with E-state index >= 15 is 0 Å². The van der Waals surface area contributed by atoms with Gasteiger partial charge >= 0.3 is 12.0 Å². The fourth-order valence-corrected chi connectivity index (χ4v) is 5.22. The molecule has 0 saturated carbocycles. The predicted octanol–water partition coefficient (Wildman–Crippen LogP) is 3.18. The minimum atomic E-state index is -0.853. The number of benzene rings is 2. The van der Waals surface area contributed by atoms with Crippen molar-refractivity contribution < 1.29 is 14.7 Å². The van der Waals surface area contributed by atoms with Gasteiger partial charge in [-0.3, -0.25) is 20.1 Å². The molecule has 9 heteroatoms. The third-order valence-corrected chi connectivity index (χ3v) is 7.23. The number of aryl methyl sites for hydroxylation is 1. The van der Waals surface area contributed by atoms with Gasteiger partial charge in [-0.1, -0.05) is 31.2 Å². The third kappa shape index (κ3) is 5.01. The number of fused-ring (bicyclic) bond motifs is 2. The molecule has 0 radical (unpaired) electrons. The number of nitrogens with zero attached hydrogens (tertiary/aromatic N) is 3. The van der Waals surface area contributed by atoms with Crippen LogP contribution in [0.5, 0.6) is 0 Å². The van der Waals surface area contributed by atoms with Crippen molar-refractivity contribution in [3.05, 3.63) is 59.3 Å². The van der Waals surface area contributed by atoms with Gasteiger partial charge in [0.25, 0.3) is 0 Å². The van der Waals surface area contributed by atoms with Gasteiger partial charge in [0.15, 0.2) is 0 Å². The standard InChI is InChI=1S/C26H32N6O3/c1-2-18-11-17(12-20-14-28-30-24(18)20)13-23(25(33)34)27-16-31-9-7-21(8-10-31)32-15-19-5-3-4-6-22(19)29-26(32)35/h3-6,11-12,14,21,23,27H,2,7-10,13,15-16H2,1H3,(H,28,30)(H,29,35)(H,33,34). The smallest absolute Gasteiger partial charge is 0.322 e. The minimum Gasteiger partial charge on any atom is -0.480 e. The summed E-state index contributed by atoms with van der Waals surface area (Å²) in [5, 5.41) is 24.2. The zero-order chi connectivity index (χ0) is 24.4. The van der Waals surface area contributed by atoms with Crippen molar-refractivity contribution in [2.45, 2.75) is 51.2 Å². The molecule has 1 saturated heterocycles. The number of anilines is 1. The third-order valence-electron chi connectivity index (χ3n) is 7.23. The van der Waals surface area contributed by atoms with Gasteiger partial charge in [-0.05, 0) is 54.5 Å². The Morgan fingerprint density at radius 1 is 1.26 bits per heavy atom. The number of carboxylic acid groups (broad SMARTS) is 1. The van der Waals surface area contributed by atoms with Crippen molar-refractivity contribution in [3.8, 4) is 0 Å². The lowest BCUT2D eigenvalue weighted by atomic mass is 9.99. The van der Waals surface area contributed by atoms with E-state index in [1.54, 1.807) is 6.20 Å². The maximum absolute atomic E-state index is 12.6. The molecule has 3 heterocycles. The number of para-hydroxylation sites is 1. The highest BCUT2D eigenvalue weighted by atomic mass is 16.4. The van der Waals surface area contributed by atoms with E-state index in [-0.39, 0.29) is 12.1 Å². The number of rotatable bonds is 8. The second-order valence-corrected chi connectivity index (χ2v) is 9.46. The Hall–Kier alpha value is -3.43. The molecule has 0 spiro atoms. The number of aliphatic carboxylic acids is 1. The van der Waals surface area contributed by atoms with Crippen LogP contribution in [0.1, 0.15) is 36.5 Å². The average molecular weight is 477 g/mol. The second-order valence-electron chi connectivity index (χ2n) is 9.46. The lowest BCUT2D eigenvalue weighted by Gasteiger charge is -2.40. The molecule has 2 aliphatic rings. The predicted molar refractivity (Wildman–Crippen MR) is 134 cm³/mol. The summed E-state index contributed by atoms with van der Waals surface area (Å²) in [4.78, 5) is 28.8. The maximum atomic E-state index is 12.6. The van der Waals surface area contributed by atoms with Gasteiger partial charge in [0.1, 0.15) is 6.04 Å². The SMILES string of the molecule is CCc1cc(CC(NCN2CCC(N3Cc4ccccc4NC3=O)CC2)C(=O)O)cc2cn[nH]c12. The highest BCUT2D eigenvalue weighted by Gasteiger charge is 2.31. The van der Waals surface area contributed by atoms with Gasteiger partial charge < -0.3 is 15.3 Å². The molecule has 1 atom stereocenters. The van der Waals surface area contributed by atoms with Gasteiger partial charge in [-0.2, -0.15) is 5.10 Å². The first kappa shape index (κ1) is 23.3. The highest BCUT2D eigenvalue weighted by Crippen LogP contribution is 2.27. The van der Waals surface area contributed by atoms with Crippen LogP contribution in [-0.2, 0) is 24.2 Å². The van der Waals surface area contributed by atoms with Gasteiger partial charge in [-0.25, -0.2) is 4.79 Å². The van der Waals surface area contributed by atoms with Crippen molar-refractivity contribution in [1.29, 1.82) is 0 Å². The first-order chi connectivity index (χ1) is 17.0. The second kappa shape index (κ2) is 10.1. The monoisotopic (exact) mass is 476 g/mol. The number of hydrogen-bond donors (Lipinski definition) is 4. The number of hydrogen-bond acceptors (Lipinski definition) is 5. The molecule has 1 unspecified atom stereocenters. The molecule has 2 aromatic carbocycles. The number of aromatic amines is 1. The molecule has 0 bridgehead atoms. The largest absolute Gasteiger partial charge is 0.480 e. The molecule has 0 aliphatic carbocycles. The maximum Gasteiger partial charge on any atom is 0.322 e. The molecule has 2 aliphatic heterocycles. The fourth-order valence-electron chi connectivity index (χ4n) is 5.22. The van der Waals surface area contributed by atoms with E-state index in [1.807, 2.05) is 29.2 Å². The van der Waals surface area contributed by atoms with Gasteiger partial charge in [0, 0.05) is 43.4 Å². The van der Waals surface area contributed by atoms with Crippen LogP contribution >= 0.6 is 0 Å². The van der Waals surface area contributed by atoms with Gasteiger partial charge in [0.2, 0.25) is 0 Å². The van der Waals surface area contributed by atoms with Crippen LogP contribution in [0.3, 0.4) is 0 Å². The van der Waals surface area contributed by atoms with E-state index in [9.17, 15) is 14.7 Å². The molecule has 5 rings (SSSR count). The van der Waals surface area contributed by atoms with Crippen LogP contribution in [0.2, 0.25) is 0 Å². The Morgan fingerprint density at radius 2 is 2.06 bits per heavy atom. The fraction of sp³-hybridized carbons (Fsp3) is 0.423. The Morgan fingerprint density at radius 3 is 2.83 bits per heavy atom. The number of amides is 2. The molecule has 1 aromatic heterocycles. The first-order valence-electron chi connectivity index (χ1n) is 12.3. The molecule has 35 heavy (non-hydrogen) atoms. The van der Waals surface area contributed by atoms with Crippen LogP contribution in [0, 0.1) is 0 Å². The lowest BCUT2D eigenvalue weighted by Crippen LogP contribution is -2.52. The normalized spacial score (nSPS) is 17.9. The number of nitrogens with one attached hydrogen (secondary N) is 3. The Bertz CT molecular complexity index is 1220. The van der Waals surface area contributed by atoms with Crippen molar-refractivity contribution in [3.63, 3.8) is 0 Å². The number of likely N-dealkylation sites (tertiary alicyclic amines) is 1. The van der Waals surface area contributed by atoms with Crippen LogP contribution in [0.15, 0.2) is 42.6 Å². The van der Waals surface area contributed by atoms with Gasteiger partial charge in [-0.15, -0.1) is 0 Å². The van der Waals surface area contributed by atoms with Crippen LogP contribution < -0.4 is 10.6 Å². The van der Waals surface area contributed by atoms with E-state index in [0.717, 1.165) is 65.6 Å². The van der Waals surface area contributed by atoms with Crippen molar-refractivity contribution in [1.82, 2.24) is 25.3 Å². The van der Waals surface area contributed by atoms with E-state index < -0.39 is 12.0 Å². The average Bonchev–Trinajstić information content (AvgIpc) is 3.34. The summed E-state index contributed by atoms with van der Waals surface area (Å²) < 4.78 is 0. The number of carbonyl (C=O) groups excluding carboxylic acids is 1. The molecule has 1 fully saturated rings. The molecule has 4 N–H and O–H groups in total. The Labute approximate surface area is 204 Å². The highest BCUT2D eigenvalue weighted by molar-refractivity contribution is 5.92. The number of urea groups is 1. The van der Waals surface area contributed by atoms with E-state index in [1.165, 1.54) is 0 Å². The lowest BCUT2D eigenvalue weighted by molar-refractivity contribution is -0.139. The summed E-state index contributed by atoms with van der Waals surface area (Å²) in [6.07, 6.45) is 4.78. The zero-order valence-corrected chi connectivity index (χ0v) is 20.0. The van der Waals surface area contributed by atoms with Crippen LogP contribution in [0.4, 0.5) is 10.5 Å². The molecule has 2 amide bonds. The van der Waals surface area contributed by atoms with E-state index in [0.29, 0.717) is 19.6 Å². The molecule has 3 aromatic rings. The van der Waals surface area contributed by atoms with Crippen LogP contribution in [0.25, 0.3) is 10.9 Å². The number of H-pyrrole nitrogens is 1. The number of piperidine rings is 1. The number of aromatic nitrogens is 2. The Kier molecular flexibility index (Phi) is 6.70. The summed E-state index contributed by atoms with van der Waals surface area (Å²) in [6, 6.07) is 11.5. The van der Waals surface area contributed by atoms with E-state index in [4.69, 9.17) is 0 Å². The topological polar surface area (TPSA) is 114 Å². The summed E-state index contributed by atoms with van der Waals surface area (Å²) in [5.74, 6) is -0.853. The number of carboxylic acids is 1. The quantitative estimate of drug-likeness (QED) is 0.397. The molecule has 9 nitrogen and oxygen atoms in total. The van der Waals surface area contributed by atoms with Crippen LogP contribution in [-0.4, -0.2) is 68.9 Å².